The molecule has 0 amide bonds. The van der Waals surface area contributed by atoms with E-state index in [1.165, 1.54) is 0 Å². The van der Waals surface area contributed by atoms with Crippen molar-refractivity contribution in [2.45, 2.75) is 0 Å². The van der Waals surface area contributed by atoms with E-state index in [-0.39, 0.29) is 0 Å². The lowest BCUT2D eigenvalue weighted by molar-refractivity contribution is -0.885. The van der Waals surface area contributed by atoms with Gasteiger partial charge in [0.05, 0.1) is 0 Å². The number of nitrogens with zero attached hydrogens (tertiary/aromatic N) is 1. The first-order valence-corrected chi connectivity index (χ1v) is 4.99. The van der Waals surface area contributed by atoms with Gasteiger partial charge in [0.1, 0.15) is 7.11 Å². The van der Waals surface area contributed by atoms with Crippen LogP contribution >= 0.6 is 11.6 Å². The first-order chi connectivity index (χ1) is 7.29. The van der Waals surface area contributed by atoms with E-state index in [0.717, 1.165) is 16.1 Å². The average Bonchev–Trinajstić information content (AvgIpc) is 2.30. The maximum absolute atomic E-state index is 5.82. The fourth-order valence-corrected chi connectivity index (χ4v) is 1.50. The molecule has 1 aromatic carbocycles. The molecule has 76 valence electrons. The molecule has 0 saturated carbocycles. The summed E-state index contributed by atoms with van der Waals surface area (Å²) in [4.78, 5) is 5.02. The van der Waals surface area contributed by atoms with Crippen molar-refractivity contribution in [1.82, 2.24) is 0 Å². The second-order valence-corrected chi connectivity index (χ2v) is 3.57. The van der Waals surface area contributed by atoms with Crippen LogP contribution in [0.25, 0.3) is 11.1 Å². The molecule has 0 N–H and O–H groups in total. The van der Waals surface area contributed by atoms with Crippen LogP contribution in [0.1, 0.15) is 0 Å². The standard InChI is InChI=1S/C12H11ClNO/c1-15-14-8-6-11(7-9-14)10-2-4-12(13)5-3-10/h2-9H,1H3/q+1. The van der Waals surface area contributed by atoms with Crippen molar-refractivity contribution in [3.63, 3.8) is 0 Å². The summed E-state index contributed by atoms with van der Waals surface area (Å²) in [6, 6.07) is 11.7. The van der Waals surface area contributed by atoms with Crippen molar-refractivity contribution in [3.05, 3.63) is 53.8 Å². The normalized spacial score (nSPS) is 10.0. The van der Waals surface area contributed by atoms with Crippen LogP contribution in [0, 0.1) is 0 Å². The van der Waals surface area contributed by atoms with Crippen LogP contribution in [0.5, 0.6) is 0 Å². The van der Waals surface area contributed by atoms with Gasteiger partial charge < -0.3 is 0 Å². The zero-order valence-electron chi connectivity index (χ0n) is 8.35. The molecule has 0 spiro atoms. The fraction of sp³-hybridized carbons (Fsp3) is 0.0833. The largest absolute Gasteiger partial charge is 0.275 e. The van der Waals surface area contributed by atoms with Crippen LogP contribution in [0.4, 0.5) is 0 Å². The molecule has 0 radical (unpaired) electrons. The molecule has 0 fully saturated rings. The van der Waals surface area contributed by atoms with Crippen LogP contribution in [-0.4, -0.2) is 7.11 Å². The second kappa shape index (κ2) is 4.32. The van der Waals surface area contributed by atoms with E-state index in [4.69, 9.17) is 16.4 Å². The van der Waals surface area contributed by atoms with Crippen LogP contribution in [0.2, 0.25) is 5.02 Å². The summed E-state index contributed by atoms with van der Waals surface area (Å²) < 4.78 is 1.64. The van der Waals surface area contributed by atoms with Gasteiger partial charge >= 0.3 is 0 Å². The van der Waals surface area contributed by atoms with Gasteiger partial charge in [-0.1, -0.05) is 23.7 Å². The van der Waals surface area contributed by atoms with Crippen molar-refractivity contribution in [2.24, 2.45) is 0 Å². The molecule has 1 aromatic heterocycles. The van der Waals surface area contributed by atoms with Crippen molar-refractivity contribution < 1.29 is 9.57 Å². The third-order valence-corrected chi connectivity index (χ3v) is 2.44. The number of hydrogen-bond acceptors (Lipinski definition) is 1. The minimum absolute atomic E-state index is 0.752. The monoisotopic (exact) mass is 220 g/mol. The molecule has 1 heterocycles. The van der Waals surface area contributed by atoms with E-state index in [1.807, 2.05) is 48.8 Å². The van der Waals surface area contributed by atoms with Crippen molar-refractivity contribution >= 4 is 11.6 Å². The second-order valence-electron chi connectivity index (χ2n) is 3.14. The van der Waals surface area contributed by atoms with Gasteiger partial charge in [0.15, 0.2) is 0 Å². The van der Waals surface area contributed by atoms with E-state index in [0.29, 0.717) is 0 Å². The van der Waals surface area contributed by atoms with Gasteiger partial charge in [-0.15, -0.1) is 0 Å². The Labute approximate surface area is 93.7 Å². The molecule has 0 aliphatic heterocycles. The Bertz CT molecular complexity index is 436. The van der Waals surface area contributed by atoms with E-state index < -0.39 is 0 Å². The molecule has 0 atom stereocenters. The van der Waals surface area contributed by atoms with E-state index >= 15 is 0 Å². The maximum atomic E-state index is 5.82. The summed E-state index contributed by atoms with van der Waals surface area (Å²) in [6.45, 7) is 0. The van der Waals surface area contributed by atoms with Crippen LogP contribution < -0.4 is 9.57 Å². The number of pyridine rings is 1. The first kappa shape index (κ1) is 9.99. The molecule has 2 nitrogen and oxygen atoms in total. The molecule has 2 aromatic rings. The van der Waals surface area contributed by atoms with Crippen LogP contribution in [0.3, 0.4) is 0 Å². The maximum Gasteiger partial charge on any atom is 0.223 e. The van der Waals surface area contributed by atoms with Crippen molar-refractivity contribution in [2.75, 3.05) is 7.11 Å². The van der Waals surface area contributed by atoms with E-state index in [1.54, 1.807) is 11.8 Å². The molecule has 0 aliphatic rings. The Kier molecular flexibility index (Phi) is 2.88. The first-order valence-electron chi connectivity index (χ1n) is 4.61. The molecule has 15 heavy (non-hydrogen) atoms. The van der Waals surface area contributed by atoms with Gasteiger partial charge in [-0.3, -0.25) is 4.84 Å². The Morgan fingerprint density at radius 1 is 0.933 bits per heavy atom. The van der Waals surface area contributed by atoms with Gasteiger partial charge in [0, 0.05) is 21.9 Å². The third kappa shape index (κ3) is 2.28. The SMILES string of the molecule is CO[n+]1ccc(-c2ccc(Cl)cc2)cc1. The Balaban J connectivity index is 2.33. The average molecular weight is 221 g/mol. The molecule has 0 aliphatic carbocycles. The highest BCUT2D eigenvalue weighted by Crippen LogP contribution is 2.19. The molecule has 0 saturated heterocycles. The van der Waals surface area contributed by atoms with Gasteiger partial charge in [-0.05, 0) is 23.3 Å². The molecule has 0 bridgehead atoms. The quantitative estimate of drug-likeness (QED) is 0.709. The summed E-state index contributed by atoms with van der Waals surface area (Å²) in [6.07, 6.45) is 3.73. The lowest BCUT2D eigenvalue weighted by Gasteiger charge is -1.99. The van der Waals surface area contributed by atoms with E-state index in [9.17, 15) is 0 Å². The topological polar surface area (TPSA) is 13.1 Å². The van der Waals surface area contributed by atoms with Gasteiger partial charge in [0.2, 0.25) is 12.4 Å². The predicted octanol–water partition coefficient (Wildman–Crippen LogP) is 2.35. The number of benzene rings is 1. The minimum atomic E-state index is 0.752. The van der Waals surface area contributed by atoms with Crippen molar-refractivity contribution in [1.29, 1.82) is 0 Å². The lowest BCUT2D eigenvalue weighted by Crippen LogP contribution is -2.39. The molecule has 0 unspecified atom stereocenters. The highest BCUT2D eigenvalue weighted by Gasteiger charge is 2.01. The summed E-state index contributed by atoms with van der Waals surface area (Å²) in [5.74, 6) is 0. The van der Waals surface area contributed by atoms with Crippen molar-refractivity contribution in [3.8, 4) is 11.1 Å². The zero-order chi connectivity index (χ0) is 10.7. The summed E-state index contributed by atoms with van der Waals surface area (Å²) in [5, 5.41) is 0.752. The summed E-state index contributed by atoms with van der Waals surface area (Å²) in [5.41, 5.74) is 2.28. The van der Waals surface area contributed by atoms with Gasteiger partial charge in [-0.25, -0.2) is 0 Å². The zero-order valence-corrected chi connectivity index (χ0v) is 9.11. The molecular weight excluding hydrogens is 210 g/mol. The number of aromatic nitrogens is 1. The number of rotatable bonds is 2. The fourth-order valence-electron chi connectivity index (χ4n) is 1.37. The van der Waals surface area contributed by atoms with Crippen LogP contribution in [-0.2, 0) is 0 Å². The Morgan fingerprint density at radius 2 is 1.47 bits per heavy atom. The van der Waals surface area contributed by atoms with Crippen LogP contribution in [0.15, 0.2) is 48.8 Å². The Hall–Kier alpha value is -1.54. The van der Waals surface area contributed by atoms with Gasteiger partial charge in [-0.2, -0.15) is 0 Å². The number of hydrogen-bond donors (Lipinski definition) is 0. The van der Waals surface area contributed by atoms with Gasteiger partial charge in [0.25, 0.3) is 0 Å². The lowest BCUT2D eigenvalue weighted by atomic mass is 10.1. The van der Waals surface area contributed by atoms with E-state index in [2.05, 4.69) is 0 Å². The highest BCUT2D eigenvalue weighted by molar-refractivity contribution is 6.30. The minimum Gasteiger partial charge on any atom is -0.275 e. The number of halogens is 1. The predicted molar refractivity (Wildman–Crippen MR) is 59.6 cm³/mol. The molecule has 2 rings (SSSR count). The Morgan fingerprint density at radius 3 is 2.00 bits per heavy atom. The third-order valence-electron chi connectivity index (χ3n) is 2.19. The summed E-state index contributed by atoms with van der Waals surface area (Å²) in [7, 11) is 1.63. The molecular formula is C12H11ClNO+. The smallest absolute Gasteiger partial charge is 0.223 e. The summed E-state index contributed by atoms with van der Waals surface area (Å²) >= 11 is 5.82. The molecule has 3 heteroatoms. The highest BCUT2D eigenvalue weighted by atomic mass is 35.5.